The van der Waals surface area contributed by atoms with Gasteiger partial charge in [-0.1, -0.05) is 13.3 Å². The number of amides is 2. The summed E-state index contributed by atoms with van der Waals surface area (Å²) in [6, 6.07) is -0.553. The van der Waals surface area contributed by atoms with E-state index in [0.29, 0.717) is 6.42 Å². The fourth-order valence-electron chi connectivity index (χ4n) is 1.28. The Hall–Kier alpha value is -1.10. The molecule has 0 aliphatic rings. The molecule has 5 nitrogen and oxygen atoms in total. The van der Waals surface area contributed by atoms with Crippen LogP contribution in [0, 0.1) is 0 Å². The summed E-state index contributed by atoms with van der Waals surface area (Å²) in [5.41, 5.74) is 4.91. The van der Waals surface area contributed by atoms with Crippen molar-refractivity contribution in [2.75, 3.05) is 7.05 Å². The first-order chi connectivity index (χ1) is 6.85. The van der Waals surface area contributed by atoms with Crippen LogP contribution in [0.2, 0.25) is 0 Å². The van der Waals surface area contributed by atoms with Crippen molar-refractivity contribution in [3.8, 4) is 0 Å². The third-order valence-corrected chi connectivity index (χ3v) is 2.28. The summed E-state index contributed by atoms with van der Waals surface area (Å²) in [6.07, 6.45) is 1.42. The van der Waals surface area contributed by atoms with E-state index in [9.17, 15) is 9.59 Å². The second-order valence-electron chi connectivity index (χ2n) is 3.98. The third kappa shape index (κ3) is 4.29. The van der Waals surface area contributed by atoms with Gasteiger partial charge in [0.05, 0.1) is 5.54 Å². The van der Waals surface area contributed by atoms with E-state index >= 15 is 0 Å². The van der Waals surface area contributed by atoms with E-state index in [2.05, 4.69) is 10.6 Å². The lowest BCUT2D eigenvalue weighted by Gasteiger charge is -2.24. The van der Waals surface area contributed by atoms with Crippen LogP contribution in [0.15, 0.2) is 0 Å². The quantitative estimate of drug-likeness (QED) is 0.591. The van der Waals surface area contributed by atoms with Crippen LogP contribution in [-0.2, 0) is 9.59 Å². The lowest BCUT2D eigenvalue weighted by Crippen LogP contribution is -2.56. The molecule has 0 rings (SSSR count). The van der Waals surface area contributed by atoms with Crippen molar-refractivity contribution < 1.29 is 9.59 Å². The molecule has 0 heterocycles. The summed E-state index contributed by atoms with van der Waals surface area (Å²) in [4.78, 5) is 22.8. The molecule has 5 heteroatoms. The van der Waals surface area contributed by atoms with Crippen LogP contribution in [0.25, 0.3) is 0 Å². The molecule has 0 aromatic rings. The molecule has 4 N–H and O–H groups in total. The SMILES string of the molecule is CCCC(C)(N)C(=O)NC(C)C(=O)NC. The van der Waals surface area contributed by atoms with Crippen LogP contribution in [0.3, 0.4) is 0 Å². The summed E-state index contributed by atoms with van der Waals surface area (Å²) >= 11 is 0. The van der Waals surface area contributed by atoms with Crippen LogP contribution in [0.5, 0.6) is 0 Å². The van der Waals surface area contributed by atoms with Crippen LogP contribution in [0.4, 0.5) is 0 Å². The Kier molecular flexibility index (Phi) is 5.28. The van der Waals surface area contributed by atoms with E-state index in [1.165, 1.54) is 7.05 Å². The van der Waals surface area contributed by atoms with Crippen LogP contribution in [0.1, 0.15) is 33.6 Å². The minimum Gasteiger partial charge on any atom is -0.357 e. The van der Waals surface area contributed by atoms with Crippen molar-refractivity contribution >= 4 is 11.8 Å². The normalized spacial score (nSPS) is 16.3. The van der Waals surface area contributed by atoms with Gasteiger partial charge in [-0.3, -0.25) is 9.59 Å². The number of nitrogens with one attached hydrogen (secondary N) is 2. The number of hydrogen-bond donors (Lipinski definition) is 3. The molecule has 0 bridgehead atoms. The Balaban J connectivity index is 4.29. The zero-order valence-electron chi connectivity index (χ0n) is 9.89. The smallest absolute Gasteiger partial charge is 0.242 e. The Morgan fingerprint density at radius 3 is 2.40 bits per heavy atom. The van der Waals surface area contributed by atoms with Gasteiger partial charge < -0.3 is 16.4 Å². The Morgan fingerprint density at radius 2 is 2.00 bits per heavy atom. The van der Waals surface area contributed by atoms with Gasteiger partial charge in [-0.2, -0.15) is 0 Å². The van der Waals surface area contributed by atoms with Crippen molar-refractivity contribution in [2.45, 2.75) is 45.2 Å². The van der Waals surface area contributed by atoms with Gasteiger partial charge >= 0.3 is 0 Å². The molecule has 0 fully saturated rings. The van der Waals surface area contributed by atoms with Gasteiger partial charge in [0, 0.05) is 7.05 Å². The van der Waals surface area contributed by atoms with Crippen molar-refractivity contribution in [1.29, 1.82) is 0 Å². The molecule has 0 aromatic heterocycles. The summed E-state index contributed by atoms with van der Waals surface area (Å²) in [7, 11) is 1.53. The van der Waals surface area contributed by atoms with E-state index in [1.807, 2.05) is 6.92 Å². The highest BCUT2D eigenvalue weighted by Gasteiger charge is 2.29. The van der Waals surface area contributed by atoms with Crippen molar-refractivity contribution in [3.63, 3.8) is 0 Å². The minimum absolute atomic E-state index is 0.226. The van der Waals surface area contributed by atoms with Crippen LogP contribution >= 0.6 is 0 Å². The summed E-state index contributed by atoms with van der Waals surface area (Å²) < 4.78 is 0. The maximum absolute atomic E-state index is 11.7. The molecular weight excluding hydrogens is 194 g/mol. The molecule has 15 heavy (non-hydrogen) atoms. The van der Waals surface area contributed by atoms with Crippen LogP contribution < -0.4 is 16.4 Å². The first-order valence-corrected chi connectivity index (χ1v) is 5.16. The number of carbonyl (C=O) groups excluding carboxylic acids is 2. The molecule has 2 amide bonds. The summed E-state index contributed by atoms with van der Waals surface area (Å²) in [5.74, 6) is -0.518. The van der Waals surface area contributed by atoms with E-state index in [0.717, 1.165) is 6.42 Å². The van der Waals surface area contributed by atoms with Crippen molar-refractivity contribution in [1.82, 2.24) is 10.6 Å². The number of carbonyl (C=O) groups is 2. The standard InChI is InChI=1S/C10H21N3O2/c1-5-6-10(3,11)9(15)13-7(2)8(14)12-4/h7H,5-6,11H2,1-4H3,(H,12,14)(H,13,15). The minimum atomic E-state index is -0.906. The maximum atomic E-state index is 11.7. The lowest BCUT2D eigenvalue weighted by molar-refractivity contribution is -0.131. The second kappa shape index (κ2) is 5.70. The van der Waals surface area contributed by atoms with Gasteiger partial charge in [-0.05, 0) is 20.3 Å². The fraction of sp³-hybridized carbons (Fsp3) is 0.800. The Morgan fingerprint density at radius 1 is 1.47 bits per heavy atom. The van der Waals surface area contributed by atoms with Gasteiger partial charge in [0.2, 0.25) is 11.8 Å². The maximum Gasteiger partial charge on any atom is 0.242 e. The van der Waals surface area contributed by atoms with Gasteiger partial charge in [0.1, 0.15) is 6.04 Å². The highest BCUT2D eigenvalue weighted by molar-refractivity contribution is 5.91. The predicted molar refractivity (Wildman–Crippen MR) is 59.2 cm³/mol. The zero-order valence-corrected chi connectivity index (χ0v) is 9.89. The Labute approximate surface area is 90.8 Å². The highest BCUT2D eigenvalue weighted by Crippen LogP contribution is 2.08. The molecule has 0 radical (unpaired) electrons. The molecule has 2 atom stereocenters. The molecule has 0 aromatic carbocycles. The summed E-state index contributed by atoms with van der Waals surface area (Å²) in [6.45, 7) is 5.25. The summed E-state index contributed by atoms with van der Waals surface area (Å²) in [5, 5.41) is 5.04. The fourth-order valence-corrected chi connectivity index (χ4v) is 1.28. The predicted octanol–water partition coefficient (Wildman–Crippen LogP) is -0.245. The Bertz CT molecular complexity index is 239. The average Bonchev–Trinajstić information content (AvgIpc) is 2.16. The molecule has 0 aliphatic carbocycles. The van der Waals surface area contributed by atoms with Crippen molar-refractivity contribution in [3.05, 3.63) is 0 Å². The molecule has 0 spiro atoms. The number of likely N-dealkylation sites (N-methyl/N-ethyl adjacent to an activating group) is 1. The largest absolute Gasteiger partial charge is 0.357 e. The molecule has 88 valence electrons. The highest BCUT2D eigenvalue weighted by atomic mass is 16.2. The number of hydrogen-bond acceptors (Lipinski definition) is 3. The van der Waals surface area contributed by atoms with Crippen molar-refractivity contribution in [2.24, 2.45) is 5.73 Å². The van der Waals surface area contributed by atoms with E-state index < -0.39 is 11.6 Å². The molecular formula is C10H21N3O2. The zero-order chi connectivity index (χ0) is 12.1. The topological polar surface area (TPSA) is 84.2 Å². The van der Waals surface area contributed by atoms with Gasteiger partial charge in [-0.15, -0.1) is 0 Å². The first kappa shape index (κ1) is 13.9. The number of rotatable bonds is 5. The molecule has 0 aliphatic heterocycles. The second-order valence-corrected chi connectivity index (χ2v) is 3.98. The third-order valence-electron chi connectivity index (χ3n) is 2.28. The van der Waals surface area contributed by atoms with E-state index in [1.54, 1.807) is 13.8 Å². The molecule has 2 unspecified atom stereocenters. The van der Waals surface area contributed by atoms with E-state index in [4.69, 9.17) is 5.73 Å². The van der Waals surface area contributed by atoms with Crippen LogP contribution in [-0.4, -0.2) is 30.4 Å². The van der Waals surface area contributed by atoms with Gasteiger partial charge in [0.25, 0.3) is 0 Å². The number of nitrogens with two attached hydrogens (primary N) is 1. The lowest BCUT2D eigenvalue weighted by atomic mass is 9.96. The monoisotopic (exact) mass is 215 g/mol. The first-order valence-electron chi connectivity index (χ1n) is 5.16. The van der Waals surface area contributed by atoms with Gasteiger partial charge in [0.15, 0.2) is 0 Å². The van der Waals surface area contributed by atoms with Gasteiger partial charge in [-0.25, -0.2) is 0 Å². The molecule has 0 saturated heterocycles. The van der Waals surface area contributed by atoms with E-state index in [-0.39, 0.29) is 11.8 Å². The molecule has 0 saturated carbocycles. The average molecular weight is 215 g/mol.